The Labute approximate surface area is 133 Å². The van der Waals surface area contributed by atoms with Crippen molar-refractivity contribution in [3.63, 3.8) is 0 Å². The third kappa shape index (κ3) is 6.23. The van der Waals surface area contributed by atoms with Crippen molar-refractivity contribution in [3.05, 3.63) is 0 Å². The average Bonchev–Trinajstić information content (AvgIpc) is 2.39. The van der Waals surface area contributed by atoms with Crippen LogP contribution in [0, 0.1) is 0 Å². The lowest BCUT2D eigenvalue weighted by Crippen LogP contribution is -2.58. The van der Waals surface area contributed by atoms with Crippen molar-refractivity contribution >= 4 is 23.9 Å². The third-order valence-electron chi connectivity index (χ3n) is 2.90. The summed E-state index contributed by atoms with van der Waals surface area (Å²) in [6, 6.07) is 0. The maximum Gasteiger partial charge on any atom is 0.303 e. The summed E-state index contributed by atoms with van der Waals surface area (Å²) in [6.45, 7) is 4.46. The Bertz CT molecular complexity index is 473. The largest absolute Gasteiger partial charge is 0.463 e. The lowest BCUT2D eigenvalue weighted by Gasteiger charge is -2.40. The highest BCUT2D eigenvalue weighted by atomic mass is 16.7. The minimum Gasteiger partial charge on any atom is -0.463 e. The molecule has 0 aromatic heterocycles. The van der Waals surface area contributed by atoms with Gasteiger partial charge in [0.2, 0.25) is 0 Å². The van der Waals surface area contributed by atoms with E-state index in [1.54, 1.807) is 0 Å². The molecular formula is C14H20O9. The summed E-state index contributed by atoms with van der Waals surface area (Å²) in [4.78, 5) is 44.8. The van der Waals surface area contributed by atoms with E-state index in [1.165, 1.54) is 27.7 Å². The van der Waals surface area contributed by atoms with Crippen molar-refractivity contribution in [1.29, 1.82) is 0 Å². The van der Waals surface area contributed by atoms with Crippen molar-refractivity contribution in [1.82, 2.24) is 0 Å². The quantitative estimate of drug-likeness (QED) is 0.496. The van der Waals surface area contributed by atoms with Crippen LogP contribution >= 0.6 is 0 Å². The topological polar surface area (TPSA) is 114 Å². The monoisotopic (exact) mass is 332 g/mol. The van der Waals surface area contributed by atoms with Gasteiger partial charge in [-0.15, -0.1) is 0 Å². The first-order valence-electron chi connectivity index (χ1n) is 6.97. The van der Waals surface area contributed by atoms with Crippen molar-refractivity contribution in [2.24, 2.45) is 0 Å². The van der Waals surface area contributed by atoms with Crippen LogP contribution in [-0.4, -0.2) is 61.5 Å². The van der Waals surface area contributed by atoms with Crippen molar-refractivity contribution in [3.8, 4) is 0 Å². The molecule has 1 saturated heterocycles. The van der Waals surface area contributed by atoms with Crippen LogP contribution < -0.4 is 0 Å². The van der Waals surface area contributed by atoms with Gasteiger partial charge in [-0.25, -0.2) is 0 Å². The van der Waals surface area contributed by atoms with Crippen LogP contribution in [0.4, 0.5) is 0 Å². The van der Waals surface area contributed by atoms with E-state index in [0.29, 0.717) is 0 Å². The van der Waals surface area contributed by atoms with Crippen LogP contribution in [0.3, 0.4) is 0 Å². The molecule has 0 spiro atoms. The van der Waals surface area contributed by atoms with E-state index in [0.717, 1.165) is 0 Å². The molecule has 1 aliphatic heterocycles. The summed E-state index contributed by atoms with van der Waals surface area (Å²) in [5, 5.41) is 0. The van der Waals surface area contributed by atoms with E-state index < -0.39 is 48.3 Å². The van der Waals surface area contributed by atoms with Gasteiger partial charge < -0.3 is 23.7 Å². The molecule has 2 unspecified atom stereocenters. The molecule has 1 heterocycles. The second kappa shape index (κ2) is 8.47. The minimum atomic E-state index is -1.08. The van der Waals surface area contributed by atoms with Crippen LogP contribution in [0.15, 0.2) is 0 Å². The van der Waals surface area contributed by atoms with Crippen molar-refractivity contribution in [2.45, 2.75) is 52.1 Å². The Morgan fingerprint density at radius 2 is 1.35 bits per heavy atom. The van der Waals surface area contributed by atoms with E-state index in [1.807, 2.05) is 0 Å². The van der Waals surface area contributed by atoms with Gasteiger partial charge in [-0.1, -0.05) is 0 Å². The molecule has 1 fully saturated rings. The Kier molecular flexibility index (Phi) is 6.95. The summed E-state index contributed by atoms with van der Waals surface area (Å²) in [5.74, 6) is -2.43. The van der Waals surface area contributed by atoms with E-state index in [-0.39, 0.29) is 13.2 Å². The normalized spacial score (nSPS) is 26.8. The van der Waals surface area contributed by atoms with E-state index in [9.17, 15) is 19.2 Å². The Balaban J connectivity index is 2.98. The molecule has 130 valence electrons. The summed E-state index contributed by atoms with van der Waals surface area (Å²) >= 11 is 0. The third-order valence-corrected chi connectivity index (χ3v) is 2.90. The Morgan fingerprint density at radius 1 is 0.826 bits per heavy atom. The van der Waals surface area contributed by atoms with Gasteiger partial charge in [-0.3, -0.25) is 19.2 Å². The minimum absolute atomic E-state index is 0.0960. The number of ether oxygens (including phenoxy) is 5. The molecule has 0 bridgehead atoms. The summed E-state index contributed by atoms with van der Waals surface area (Å²) in [7, 11) is 0. The van der Waals surface area contributed by atoms with Gasteiger partial charge in [0.15, 0.2) is 18.3 Å². The molecule has 1 rings (SSSR count). The lowest BCUT2D eigenvalue weighted by molar-refractivity contribution is -0.231. The summed E-state index contributed by atoms with van der Waals surface area (Å²) in [6.07, 6.45) is -3.92. The zero-order valence-corrected chi connectivity index (χ0v) is 13.4. The maximum atomic E-state index is 11.3. The van der Waals surface area contributed by atoms with Crippen LogP contribution in [0.5, 0.6) is 0 Å². The second-order valence-electron chi connectivity index (χ2n) is 4.97. The molecule has 0 aromatic rings. The predicted octanol–water partition coefficient (Wildman–Crippen LogP) is -0.257. The molecule has 0 aliphatic carbocycles. The first-order valence-corrected chi connectivity index (χ1v) is 6.97. The fourth-order valence-corrected chi connectivity index (χ4v) is 2.16. The highest BCUT2D eigenvalue weighted by molar-refractivity contribution is 5.68. The van der Waals surface area contributed by atoms with Crippen LogP contribution in [0.25, 0.3) is 0 Å². The van der Waals surface area contributed by atoms with Crippen molar-refractivity contribution < 1.29 is 42.9 Å². The molecule has 0 radical (unpaired) electrons. The van der Waals surface area contributed by atoms with Crippen LogP contribution in [0.1, 0.15) is 27.7 Å². The summed E-state index contributed by atoms with van der Waals surface area (Å²) in [5.41, 5.74) is 0. The van der Waals surface area contributed by atoms with E-state index in [2.05, 4.69) is 0 Å². The average molecular weight is 332 g/mol. The zero-order chi connectivity index (χ0) is 17.6. The number of hydrogen-bond donors (Lipinski definition) is 0. The van der Waals surface area contributed by atoms with Crippen LogP contribution in [-0.2, 0) is 42.9 Å². The number of carbonyl (C=O) groups excluding carboxylic acids is 4. The van der Waals surface area contributed by atoms with Gasteiger partial charge >= 0.3 is 23.9 Å². The molecular weight excluding hydrogens is 312 g/mol. The van der Waals surface area contributed by atoms with E-state index >= 15 is 0 Å². The number of esters is 4. The Hall–Kier alpha value is -2.16. The highest BCUT2D eigenvalue weighted by Crippen LogP contribution is 2.24. The molecule has 1 aliphatic rings. The van der Waals surface area contributed by atoms with Gasteiger partial charge in [0.05, 0.1) is 6.61 Å². The molecule has 9 nitrogen and oxygen atoms in total. The van der Waals surface area contributed by atoms with Gasteiger partial charge in [0, 0.05) is 27.7 Å². The first-order chi connectivity index (χ1) is 10.7. The molecule has 9 heteroatoms. The molecule has 4 atom stereocenters. The van der Waals surface area contributed by atoms with Crippen LogP contribution in [0.2, 0.25) is 0 Å². The van der Waals surface area contributed by atoms with E-state index in [4.69, 9.17) is 23.7 Å². The van der Waals surface area contributed by atoms with Gasteiger partial charge in [0.25, 0.3) is 0 Å². The Morgan fingerprint density at radius 3 is 1.83 bits per heavy atom. The smallest absolute Gasteiger partial charge is 0.303 e. The maximum absolute atomic E-state index is 11.3. The van der Waals surface area contributed by atoms with Gasteiger partial charge in [-0.05, 0) is 0 Å². The molecule has 0 aromatic carbocycles. The zero-order valence-electron chi connectivity index (χ0n) is 13.4. The van der Waals surface area contributed by atoms with Gasteiger partial charge in [0.1, 0.15) is 12.7 Å². The number of rotatable bonds is 5. The summed E-state index contributed by atoms with van der Waals surface area (Å²) < 4.78 is 25.6. The second-order valence-corrected chi connectivity index (χ2v) is 4.97. The SMILES string of the molecule is CC(=O)OCC1OC[C@@H](OC(C)=O)C(OC(C)=O)[C@@H]1OC(C)=O. The first kappa shape index (κ1) is 18.9. The van der Waals surface area contributed by atoms with Crippen molar-refractivity contribution in [2.75, 3.05) is 13.2 Å². The fraction of sp³-hybridized carbons (Fsp3) is 0.714. The fourth-order valence-electron chi connectivity index (χ4n) is 2.16. The molecule has 23 heavy (non-hydrogen) atoms. The van der Waals surface area contributed by atoms with Gasteiger partial charge in [-0.2, -0.15) is 0 Å². The molecule has 0 saturated carbocycles. The number of carbonyl (C=O) groups is 4. The lowest BCUT2D eigenvalue weighted by atomic mass is 9.99. The molecule has 0 amide bonds. The molecule has 0 N–H and O–H groups in total. The standard InChI is InChI=1S/C14H20O9/c1-7(15)19-5-11-13(22-9(3)17)14(23-10(4)18)12(6-20-11)21-8(2)16/h11-14H,5-6H2,1-4H3/t11?,12-,13-,14?/m1/s1. The predicted molar refractivity (Wildman–Crippen MR) is 73.0 cm³/mol. The number of hydrogen-bond acceptors (Lipinski definition) is 9. The highest BCUT2D eigenvalue weighted by Gasteiger charge is 2.47.